The lowest BCUT2D eigenvalue weighted by Crippen LogP contribution is -2.48. The third-order valence-corrected chi connectivity index (χ3v) is 7.36. The van der Waals surface area contributed by atoms with Crippen LogP contribution in [0.2, 0.25) is 5.02 Å². The van der Waals surface area contributed by atoms with Crippen LogP contribution >= 0.6 is 11.6 Å². The molecule has 2 N–H and O–H groups in total. The van der Waals surface area contributed by atoms with E-state index in [2.05, 4.69) is 10.6 Å². The summed E-state index contributed by atoms with van der Waals surface area (Å²) in [5.74, 6) is 1.19. The zero-order valence-corrected chi connectivity index (χ0v) is 21.4. The molecule has 0 aromatic heterocycles. The molecule has 1 saturated heterocycles. The van der Waals surface area contributed by atoms with Gasteiger partial charge in [-0.3, -0.25) is 14.4 Å². The summed E-state index contributed by atoms with van der Waals surface area (Å²) in [6, 6.07) is 8.19. The first kappa shape index (κ1) is 25.2. The molecule has 5 rings (SSSR count). The van der Waals surface area contributed by atoms with Gasteiger partial charge in [-0.1, -0.05) is 17.7 Å². The van der Waals surface area contributed by atoms with Gasteiger partial charge in [-0.2, -0.15) is 0 Å². The number of amides is 3. The lowest BCUT2D eigenvalue weighted by Gasteiger charge is -2.31. The molecule has 1 fully saturated rings. The van der Waals surface area contributed by atoms with Crippen LogP contribution in [0.5, 0.6) is 17.2 Å². The van der Waals surface area contributed by atoms with Crippen LogP contribution in [0.3, 0.4) is 0 Å². The molecule has 2 aromatic rings. The second kappa shape index (κ2) is 10.9. The van der Waals surface area contributed by atoms with Crippen molar-refractivity contribution in [1.29, 1.82) is 0 Å². The van der Waals surface area contributed by atoms with Crippen molar-refractivity contribution in [3.05, 3.63) is 52.0 Å². The van der Waals surface area contributed by atoms with Gasteiger partial charge in [0.2, 0.25) is 11.8 Å². The first-order valence-corrected chi connectivity index (χ1v) is 12.9. The number of halogens is 1. The van der Waals surface area contributed by atoms with E-state index in [1.807, 2.05) is 13.0 Å². The van der Waals surface area contributed by atoms with Crippen LogP contribution < -0.4 is 24.8 Å². The highest BCUT2D eigenvalue weighted by Gasteiger charge is 2.38. The zero-order chi connectivity index (χ0) is 25.9. The Kier molecular flexibility index (Phi) is 7.41. The molecule has 2 aromatic carbocycles. The number of nitrogens with one attached hydrogen (secondary N) is 2. The molecule has 4 bridgehead atoms. The standard InChI is InChI=1S/C27H30ClN3O6/c1-16-2-3-17-10-22(16)35-7-6-29-25(32)13-19-4-5-20(15-30-27(17)34)31(19)26(33)12-18-11-23-24(14-21(18)28)37-9-8-36-23/h2-3,10-11,14,19-20H,4-9,12-13,15H2,1H3,(H,29,32)(H,30,34)/t19-,20+/m0/s1. The van der Waals surface area contributed by atoms with Gasteiger partial charge < -0.3 is 29.7 Å². The van der Waals surface area contributed by atoms with Crippen LogP contribution in [0.1, 0.15) is 40.7 Å². The first-order chi connectivity index (χ1) is 17.9. The van der Waals surface area contributed by atoms with E-state index in [9.17, 15) is 14.4 Å². The lowest BCUT2D eigenvalue weighted by atomic mass is 10.1. The molecule has 3 aliphatic heterocycles. The number of fused-ring (bicyclic) bond motifs is 5. The fourth-order valence-electron chi connectivity index (χ4n) is 5.11. The van der Waals surface area contributed by atoms with Crippen molar-refractivity contribution in [1.82, 2.24) is 15.5 Å². The highest BCUT2D eigenvalue weighted by molar-refractivity contribution is 6.31. The molecule has 9 nitrogen and oxygen atoms in total. The molecular weight excluding hydrogens is 498 g/mol. The number of ether oxygens (including phenoxy) is 3. The number of hydrogen-bond acceptors (Lipinski definition) is 6. The maximum atomic E-state index is 13.6. The second-order valence-corrected chi connectivity index (χ2v) is 9.95. The van der Waals surface area contributed by atoms with Crippen LogP contribution in [0, 0.1) is 6.92 Å². The predicted octanol–water partition coefficient (Wildman–Crippen LogP) is 2.65. The van der Waals surface area contributed by atoms with Gasteiger partial charge in [-0.05, 0) is 49.1 Å². The van der Waals surface area contributed by atoms with E-state index in [-0.39, 0.29) is 55.8 Å². The summed E-state index contributed by atoms with van der Waals surface area (Å²) in [4.78, 5) is 41.0. The van der Waals surface area contributed by atoms with Gasteiger partial charge in [0.05, 0.1) is 13.0 Å². The third-order valence-electron chi connectivity index (χ3n) is 7.01. The van der Waals surface area contributed by atoms with Crippen LogP contribution in [0.25, 0.3) is 0 Å². The van der Waals surface area contributed by atoms with Gasteiger partial charge in [-0.25, -0.2) is 0 Å². The minimum Gasteiger partial charge on any atom is -0.491 e. The minimum absolute atomic E-state index is 0.0488. The number of benzene rings is 2. The van der Waals surface area contributed by atoms with Gasteiger partial charge in [0.25, 0.3) is 5.91 Å². The molecule has 0 radical (unpaired) electrons. The highest BCUT2D eigenvalue weighted by Crippen LogP contribution is 2.36. The van der Waals surface area contributed by atoms with Crippen molar-refractivity contribution < 1.29 is 28.6 Å². The van der Waals surface area contributed by atoms with E-state index in [0.717, 1.165) is 5.56 Å². The Morgan fingerprint density at radius 2 is 1.70 bits per heavy atom. The summed E-state index contributed by atoms with van der Waals surface area (Å²) in [6.45, 7) is 3.66. The average molecular weight is 528 g/mol. The topological polar surface area (TPSA) is 106 Å². The predicted molar refractivity (Wildman–Crippen MR) is 136 cm³/mol. The summed E-state index contributed by atoms with van der Waals surface area (Å²) in [5, 5.41) is 6.28. The summed E-state index contributed by atoms with van der Waals surface area (Å²) in [6.07, 6.45) is 1.58. The Morgan fingerprint density at radius 1 is 0.973 bits per heavy atom. The minimum atomic E-state index is -0.278. The Labute approximate surface area is 220 Å². The molecule has 10 heteroatoms. The smallest absolute Gasteiger partial charge is 0.251 e. The Hall–Kier alpha value is -3.46. The lowest BCUT2D eigenvalue weighted by molar-refractivity contribution is -0.134. The summed E-state index contributed by atoms with van der Waals surface area (Å²) in [7, 11) is 0. The molecule has 0 unspecified atom stereocenters. The van der Waals surface area contributed by atoms with Crippen molar-refractivity contribution in [3.8, 4) is 17.2 Å². The van der Waals surface area contributed by atoms with Gasteiger partial charge in [0.1, 0.15) is 25.6 Å². The van der Waals surface area contributed by atoms with Crippen molar-refractivity contribution in [3.63, 3.8) is 0 Å². The maximum Gasteiger partial charge on any atom is 0.251 e. The molecule has 3 heterocycles. The van der Waals surface area contributed by atoms with E-state index < -0.39 is 0 Å². The average Bonchev–Trinajstić information content (AvgIpc) is 3.28. The Bertz CT molecular complexity index is 1220. The molecule has 0 spiro atoms. The number of hydrogen-bond donors (Lipinski definition) is 2. The highest BCUT2D eigenvalue weighted by atomic mass is 35.5. The number of nitrogens with zero attached hydrogens (tertiary/aromatic N) is 1. The number of carbonyl (C=O) groups excluding carboxylic acids is 3. The van der Waals surface area contributed by atoms with Crippen LogP contribution in [-0.4, -0.2) is 67.6 Å². The normalized spacial score (nSPS) is 21.7. The monoisotopic (exact) mass is 527 g/mol. The molecule has 0 saturated carbocycles. The van der Waals surface area contributed by atoms with E-state index in [0.29, 0.717) is 66.0 Å². The van der Waals surface area contributed by atoms with Gasteiger partial charge >= 0.3 is 0 Å². The number of aryl methyl sites for hydroxylation is 1. The van der Waals surface area contributed by atoms with E-state index >= 15 is 0 Å². The molecule has 37 heavy (non-hydrogen) atoms. The van der Waals surface area contributed by atoms with Crippen molar-refractivity contribution in [2.75, 3.05) is 32.9 Å². The van der Waals surface area contributed by atoms with Crippen LogP contribution in [-0.2, 0) is 16.0 Å². The second-order valence-electron chi connectivity index (χ2n) is 9.54. The maximum absolute atomic E-state index is 13.6. The summed E-state index contributed by atoms with van der Waals surface area (Å²) >= 11 is 6.47. The fraction of sp³-hybridized carbons (Fsp3) is 0.444. The van der Waals surface area contributed by atoms with Crippen LogP contribution in [0.15, 0.2) is 30.3 Å². The molecular formula is C27H30ClN3O6. The third kappa shape index (κ3) is 5.61. The molecule has 3 aliphatic rings. The molecule has 3 amide bonds. The molecule has 2 atom stereocenters. The van der Waals surface area contributed by atoms with Crippen molar-refractivity contribution in [2.45, 2.75) is 44.7 Å². The van der Waals surface area contributed by atoms with E-state index in [4.69, 9.17) is 25.8 Å². The zero-order valence-electron chi connectivity index (χ0n) is 20.7. The first-order valence-electron chi connectivity index (χ1n) is 12.6. The van der Waals surface area contributed by atoms with Crippen molar-refractivity contribution >= 4 is 29.3 Å². The van der Waals surface area contributed by atoms with Gasteiger partial charge in [0.15, 0.2) is 11.5 Å². The SMILES string of the molecule is Cc1ccc2cc1OCCNC(=O)C[C@@H]1CC[C@H](CNC2=O)N1C(=O)Cc1cc2c(cc1Cl)OCCO2. The summed E-state index contributed by atoms with van der Waals surface area (Å²) < 4.78 is 17.0. The fourth-order valence-corrected chi connectivity index (χ4v) is 5.33. The van der Waals surface area contributed by atoms with E-state index in [1.54, 1.807) is 29.2 Å². The van der Waals surface area contributed by atoms with E-state index in [1.165, 1.54) is 0 Å². The Morgan fingerprint density at radius 3 is 2.51 bits per heavy atom. The quantitative estimate of drug-likeness (QED) is 0.622. The summed E-state index contributed by atoms with van der Waals surface area (Å²) in [5.41, 5.74) is 2.01. The number of carbonyl (C=O) groups is 3. The van der Waals surface area contributed by atoms with Crippen LogP contribution in [0.4, 0.5) is 0 Å². The largest absolute Gasteiger partial charge is 0.491 e. The molecule has 0 aliphatic carbocycles. The van der Waals surface area contributed by atoms with Gasteiger partial charge in [-0.15, -0.1) is 0 Å². The number of rotatable bonds is 2. The Balaban J connectivity index is 1.37. The van der Waals surface area contributed by atoms with Gasteiger partial charge in [0, 0.05) is 41.7 Å². The molecule has 196 valence electrons. The van der Waals surface area contributed by atoms with Crippen molar-refractivity contribution in [2.24, 2.45) is 0 Å².